The maximum Gasteiger partial charge on any atom is 0.119 e. The van der Waals surface area contributed by atoms with Gasteiger partial charge in [0.1, 0.15) is 18.4 Å². The van der Waals surface area contributed by atoms with E-state index in [2.05, 4.69) is 39.2 Å². The second-order valence-electron chi connectivity index (χ2n) is 10.1. The standard InChI is InChI=1S/C31H35N5O2/c1-21-27-9-13-33-29(27)8-7-28(21)35-31-25(19-32)20-34-22(2)30(31)24-3-5-26(6-4-24)38-18-16-36-14-10-23(11-15-36)12-17-37/h3-9,13,20,23,33,37H,10-12,14-18H2,1-2H3,(H,34,35). The van der Waals surface area contributed by atoms with Crippen LogP contribution >= 0.6 is 0 Å². The van der Waals surface area contributed by atoms with Crippen molar-refractivity contribution in [3.05, 3.63) is 71.7 Å². The topological polar surface area (TPSA) is 97.2 Å². The second kappa shape index (κ2) is 11.7. The molecule has 1 fully saturated rings. The van der Waals surface area contributed by atoms with Crippen LogP contribution in [0.15, 0.2) is 54.9 Å². The third kappa shape index (κ3) is 5.52. The van der Waals surface area contributed by atoms with Gasteiger partial charge in [-0.25, -0.2) is 0 Å². The summed E-state index contributed by atoms with van der Waals surface area (Å²) in [5.74, 6) is 1.48. The highest BCUT2D eigenvalue weighted by Crippen LogP contribution is 2.37. The lowest BCUT2D eigenvalue weighted by Gasteiger charge is -2.31. The van der Waals surface area contributed by atoms with E-state index in [0.29, 0.717) is 24.7 Å². The molecule has 3 N–H and O–H groups in total. The molecule has 7 heteroatoms. The number of aromatic nitrogens is 2. The van der Waals surface area contributed by atoms with Gasteiger partial charge in [0.15, 0.2) is 0 Å². The lowest BCUT2D eigenvalue weighted by Crippen LogP contribution is -2.36. The summed E-state index contributed by atoms with van der Waals surface area (Å²) in [6.07, 6.45) is 6.80. The number of hydrogen-bond acceptors (Lipinski definition) is 6. The zero-order valence-electron chi connectivity index (χ0n) is 22.1. The molecular weight excluding hydrogens is 474 g/mol. The van der Waals surface area contributed by atoms with E-state index in [9.17, 15) is 5.26 Å². The van der Waals surface area contributed by atoms with Crippen LogP contribution in [0.25, 0.3) is 22.0 Å². The van der Waals surface area contributed by atoms with Crippen molar-refractivity contribution in [2.24, 2.45) is 5.92 Å². The summed E-state index contributed by atoms with van der Waals surface area (Å²) in [5, 5.41) is 23.7. The van der Waals surface area contributed by atoms with Gasteiger partial charge < -0.3 is 20.1 Å². The van der Waals surface area contributed by atoms with Crippen LogP contribution in [-0.4, -0.2) is 52.8 Å². The number of nitrogens with one attached hydrogen (secondary N) is 2. The molecule has 5 rings (SSSR count). The number of nitriles is 1. The van der Waals surface area contributed by atoms with Gasteiger partial charge in [-0.3, -0.25) is 9.88 Å². The van der Waals surface area contributed by atoms with Crippen molar-refractivity contribution in [2.75, 3.05) is 38.2 Å². The summed E-state index contributed by atoms with van der Waals surface area (Å²) < 4.78 is 6.06. The van der Waals surface area contributed by atoms with Gasteiger partial charge in [0.05, 0.1) is 11.3 Å². The third-order valence-electron chi connectivity index (χ3n) is 7.72. The lowest BCUT2D eigenvalue weighted by molar-refractivity contribution is 0.139. The summed E-state index contributed by atoms with van der Waals surface area (Å²) in [5.41, 5.74) is 7.17. The van der Waals surface area contributed by atoms with Crippen molar-refractivity contribution in [3.63, 3.8) is 0 Å². The number of pyridine rings is 1. The van der Waals surface area contributed by atoms with Crippen molar-refractivity contribution in [3.8, 4) is 22.9 Å². The Bertz CT molecular complexity index is 1430. The van der Waals surface area contributed by atoms with Crippen LogP contribution < -0.4 is 10.1 Å². The molecule has 1 saturated heterocycles. The number of aryl methyl sites for hydroxylation is 2. The fraction of sp³-hybridized carbons (Fsp3) is 0.355. The largest absolute Gasteiger partial charge is 0.492 e. The molecule has 38 heavy (non-hydrogen) atoms. The molecule has 0 bridgehead atoms. The molecule has 0 radical (unpaired) electrons. The van der Waals surface area contributed by atoms with E-state index >= 15 is 0 Å². The van der Waals surface area contributed by atoms with Gasteiger partial charge in [0, 0.05) is 53.4 Å². The minimum absolute atomic E-state index is 0.292. The summed E-state index contributed by atoms with van der Waals surface area (Å²) in [7, 11) is 0. The zero-order valence-corrected chi connectivity index (χ0v) is 22.1. The maximum atomic E-state index is 9.89. The molecule has 1 aliphatic heterocycles. The summed E-state index contributed by atoms with van der Waals surface area (Å²) >= 11 is 0. The Morgan fingerprint density at radius 3 is 2.66 bits per heavy atom. The van der Waals surface area contributed by atoms with E-state index < -0.39 is 0 Å². The van der Waals surface area contributed by atoms with Crippen LogP contribution in [0.5, 0.6) is 5.75 Å². The number of ether oxygens (including phenoxy) is 1. The van der Waals surface area contributed by atoms with Gasteiger partial charge >= 0.3 is 0 Å². The third-order valence-corrected chi connectivity index (χ3v) is 7.72. The van der Waals surface area contributed by atoms with Crippen LogP contribution in [0.3, 0.4) is 0 Å². The molecule has 0 aliphatic carbocycles. The van der Waals surface area contributed by atoms with E-state index in [1.807, 2.05) is 49.5 Å². The van der Waals surface area contributed by atoms with Crippen molar-refractivity contribution in [1.82, 2.24) is 14.9 Å². The Morgan fingerprint density at radius 2 is 1.92 bits per heavy atom. The van der Waals surface area contributed by atoms with Crippen LogP contribution in [0, 0.1) is 31.1 Å². The van der Waals surface area contributed by atoms with Crippen LogP contribution in [0.2, 0.25) is 0 Å². The number of aliphatic hydroxyl groups is 1. The van der Waals surface area contributed by atoms with Crippen molar-refractivity contribution < 1.29 is 9.84 Å². The smallest absolute Gasteiger partial charge is 0.119 e. The monoisotopic (exact) mass is 509 g/mol. The molecule has 2 aromatic heterocycles. The number of benzene rings is 2. The first-order valence-corrected chi connectivity index (χ1v) is 13.4. The Labute approximate surface area is 224 Å². The molecule has 0 atom stereocenters. The van der Waals surface area contributed by atoms with Crippen LogP contribution in [0.4, 0.5) is 11.4 Å². The Kier molecular flexibility index (Phi) is 7.92. The van der Waals surface area contributed by atoms with Gasteiger partial charge in [-0.2, -0.15) is 5.26 Å². The number of rotatable bonds is 9. The maximum absolute atomic E-state index is 9.89. The van der Waals surface area contributed by atoms with Gasteiger partial charge in [0.25, 0.3) is 0 Å². The second-order valence-corrected chi connectivity index (χ2v) is 10.1. The fourth-order valence-electron chi connectivity index (χ4n) is 5.42. The number of nitrogens with zero attached hydrogens (tertiary/aromatic N) is 3. The number of aromatic amines is 1. The number of anilines is 2. The SMILES string of the molecule is Cc1ncc(C#N)c(Nc2ccc3[nH]ccc3c2C)c1-c1ccc(OCCN2CCC(CCO)CC2)cc1. The molecule has 0 spiro atoms. The fourth-order valence-corrected chi connectivity index (χ4v) is 5.42. The van der Waals surface area contributed by atoms with Gasteiger partial charge in [-0.05, 0) is 93.6 Å². The molecule has 7 nitrogen and oxygen atoms in total. The highest BCUT2D eigenvalue weighted by Gasteiger charge is 2.19. The number of piperidine rings is 1. The van der Waals surface area contributed by atoms with E-state index in [0.717, 1.165) is 89.3 Å². The summed E-state index contributed by atoms with van der Waals surface area (Å²) in [6.45, 7) is 8.03. The first-order chi connectivity index (χ1) is 18.6. The molecule has 196 valence electrons. The first kappa shape index (κ1) is 25.8. The average Bonchev–Trinajstić information content (AvgIpc) is 3.42. The summed E-state index contributed by atoms with van der Waals surface area (Å²) in [4.78, 5) is 10.2. The van der Waals surface area contributed by atoms with Gasteiger partial charge in [0.2, 0.25) is 0 Å². The van der Waals surface area contributed by atoms with Crippen molar-refractivity contribution >= 4 is 22.3 Å². The number of likely N-dealkylation sites (tertiary alicyclic amines) is 1. The Morgan fingerprint density at radius 1 is 1.13 bits per heavy atom. The van der Waals surface area contributed by atoms with Gasteiger partial charge in [-0.1, -0.05) is 12.1 Å². The van der Waals surface area contributed by atoms with Crippen molar-refractivity contribution in [2.45, 2.75) is 33.1 Å². The summed E-state index contributed by atoms with van der Waals surface area (Å²) in [6, 6.07) is 16.5. The Hall–Kier alpha value is -3.86. The molecule has 2 aromatic carbocycles. The highest BCUT2D eigenvalue weighted by molar-refractivity contribution is 5.92. The quantitative estimate of drug-likeness (QED) is 0.259. The Balaban J connectivity index is 1.31. The van der Waals surface area contributed by atoms with E-state index in [1.54, 1.807) is 6.20 Å². The average molecular weight is 510 g/mol. The molecule has 0 unspecified atom stereocenters. The molecule has 3 heterocycles. The normalized spacial score (nSPS) is 14.5. The van der Waals surface area contributed by atoms with Crippen LogP contribution in [-0.2, 0) is 0 Å². The zero-order chi connectivity index (χ0) is 26.5. The first-order valence-electron chi connectivity index (χ1n) is 13.4. The molecule has 0 saturated carbocycles. The van der Waals surface area contributed by atoms with E-state index in [1.165, 1.54) is 0 Å². The molecule has 0 amide bonds. The molecule has 1 aliphatic rings. The number of aliphatic hydroxyl groups excluding tert-OH is 1. The number of hydrogen-bond donors (Lipinski definition) is 3. The minimum atomic E-state index is 0.292. The van der Waals surface area contributed by atoms with E-state index in [4.69, 9.17) is 9.84 Å². The van der Waals surface area contributed by atoms with Crippen molar-refractivity contribution in [1.29, 1.82) is 5.26 Å². The van der Waals surface area contributed by atoms with Gasteiger partial charge in [-0.15, -0.1) is 0 Å². The predicted octanol–water partition coefficient (Wildman–Crippen LogP) is 5.94. The highest BCUT2D eigenvalue weighted by atomic mass is 16.5. The number of fused-ring (bicyclic) bond motifs is 1. The van der Waals surface area contributed by atoms with E-state index in [-0.39, 0.29) is 0 Å². The minimum Gasteiger partial charge on any atom is -0.492 e. The lowest BCUT2D eigenvalue weighted by atomic mass is 9.94. The molecule has 4 aromatic rings. The molecular formula is C31H35N5O2. The van der Waals surface area contributed by atoms with Crippen LogP contribution in [0.1, 0.15) is 36.1 Å². The predicted molar refractivity (Wildman–Crippen MR) is 152 cm³/mol. The number of H-pyrrole nitrogens is 1.